The van der Waals surface area contributed by atoms with E-state index < -0.39 is 35.9 Å². The number of rotatable bonds is 17. The summed E-state index contributed by atoms with van der Waals surface area (Å²) in [6.07, 6.45) is -5.93. The van der Waals surface area contributed by atoms with Gasteiger partial charge in [-0.15, -0.1) is 0 Å². The first-order valence-electron chi connectivity index (χ1n) is 14.7. The monoisotopic (exact) mass is 646 g/mol. The van der Waals surface area contributed by atoms with Crippen molar-refractivity contribution in [3.05, 3.63) is 90.0 Å². The van der Waals surface area contributed by atoms with Crippen molar-refractivity contribution >= 4 is 35.7 Å². The Balaban J connectivity index is 1.83. The van der Waals surface area contributed by atoms with E-state index in [1.54, 1.807) is 12.1 Å². The predicted octanol–water partition coefficient (Wildman–Crippen LogP) is 5.41. The summed E-state index contributed by atoms with van der Waals surface area (Å²) in [7, 11) is 1.39. The van der Waals surface area contributed by atoms with Crippen LogP contribution in [0.3, 0.4) is 0 Å². The van der Waals surface area contributed by atoms with Gasteiger partial charge in [0.25, 0.3) is 12.4 Å². The number of halogens is 3. The molecule has 0 aliphatic rings. The quantitative estimate of drug-likeness (QED) is 0.102. The van der Waals surface area contributed by atoms with Crippen LogP contribution in [0.1, 0.15) is 31.4 Å². The van der Waals surface area contributed by atoms with E-state index in [-0.39, 0.29) is 31.7 Å². The number of alkyl halides is 3. The molecule has 0 aromatic heterocycles. The number of nitrogen functional groups attached to an aromatic ring is 1. The van der Waals surface area contributed by atoms with Gasteiger partial charge in [-0.3, -0.25) is 9.59 Å². The lowest BCUT2D eigenvalue weighted by atomic mass is 10.00. The molecule has 4 atom stereocenters. The largest absolute Gasteiger partial charge is 0.453 e. The van der Waals surface area contributed by atoms with E-state index in [1.807, 2.05) is 46.8 Å². The molecule has 0 fully saturated rings. The summed E-state index contributed by atoms with van der Waals surface area (Å²) in [6.45, 7) is 4.79. The zero-order valence-electron chi connectivity index (χ0n) is 25.6. The molecule has 0 saturated heterocycles. The molecule has 0 bridgehead atoms. The highest BCUT2D eigenvalue weighted by molar-refractivity contribution is 7.97. The fraction of sp³-hybridized carbons (Fsp3) is 0.394. The maximum absolute atomic E-state index is 13.6. The average molecular weight is 647 g/mol. The smallest absolute Gasteiger partial charge is 0.418 e. The summed E-state index contributed by atoms with van der Waals surface area (Å²) < 4.78 is 48.1. The van der Waals surface area contributed by atoms with Gasteiger partial charge in [0.15, 0.2) is 6.10 Å². The van der Waals surface area contributed by atoms with Crippen molar-refractivity contribution in [3.8, 4) is 0 Å². The van der Waals surface area contributed by atoms with Crippen molar-refractivity contribution < 1.29 is 32.6 Å². The molecule has 0 saturated carbocycles. The van der Waals surface area contributed by atoms with Crippen molar-refractivity contribution in [3.63, 3.8) is 0 Å². The van der Waals surface area contributed by atoms with Gasteiger partial charge in [0.1, 0.15) is 0 Å². The second kappa shape index (κ2) is 17.1. The molecule has 0 spiro atoms. The molecule has 0 aliphatic heterocycles. The second-order valence-electron chi connectivity index (χ2n) is 11.0. The van der Waals surface area contributed by atoms with Crippen LogP contribution < -0.4 is 16.0 Å². The van der Waals surface area contributed by atoms with Crippen LogP contribution in [-0.2, 0) is 26.9 Å². The minimum absolute atomic E-state index is 0.0908. The Morgan fingerprint density at radius 1 is 1.02 bits per heavy atom. The molecule has 12 heteroatoms. The predicted molar refractivity (Wildman–Crippen MR) is 171 cm³/mol. The second-order valence-corrected chi connectivity index (χ2v) is 12.2. The number of hydrogen-bond donors (Lipinski definition) is 3. The Hall–Kier alpha value is -3.74. The van der Waals surface area contributed by atoms with Crippen LogP contribution in [0.25, 0.3) is 0 Å². The van der Waals surface area contributed by atoms with Crippen LogP contribution in [0, 0.1) is 5.92 Å². The minimum Gasteiger partial charge on any atom is -0.453 e. The van der Waals surface area contributed by atoms with Gasteiger partial charge in [-0.1, -0.05) is 62.7 Å². The molecule has 3 aromatic carbocycles. The summed E-state index contributed by atoms with van der Waals surface area (Å²) in [6, 6.07) is 20.8. The molecule has 244 valence electrons. The molecule has 0 heterocycles. The number of hydrogen-bond acceptors (Lipinski definition) is 8. The van der Waals surface area contributed by atoms with Gasteiger partial charge in [0, 0.05) is 36.4 Å². The number of para-hydroxylation sites is 1. The first kappa shape index (κ1) is 35.7. The number of likely N-dealkylation sites (N-methyl/N-ethyl adjacent to an activating group) is 1. The maximum Gasteiger partial charge on any atom is 0.418 e. The summed E-state index contributed by atoms with van der Waals surface area (Å²) in [4.78, 5) is 27.1. The van der Waals surface area contributed by atoms with Crippen LogP contribution in [0.2, 0.25) is 0 Å². The number of aliphatic hydroxyl groups excluding tert-OH is 1. The topological polar surface area (TPSA) is 108 Å². The number of benzene rings is 3. The van der Waals surface area contributed by atoms with E-state index in [4.69, 9.17) is 10.5 Å². The summed E-state index contributed by atoms with van der Waals surface area (Å²) >= 11 is 1.47. The Labute approximate surface area is 266 Å². The van der Waals surface area contributed by atoms with Crippen LogP contribution >= 0.6 is 11.9 Å². The molecule has 3 aromatic rings. The van der Waals surface area contributed by atoms with Gasteiger partial charge in [-0.05, 0) is 66.2 Å². The molecule has 0 aliphatic carbocycles. The third kappa shape index (κ3) is 11.3. The highest BCUT2D eigenvalue weighted by Crippen LogP contribution is 2.36. The molecule has 0 radical (unpaired) electrons. The first-order chi connectivity index (χ1) is 21.4. The zero-order valence-corrected chi connectivity index (χ0v) is 26.4. The molecule has 8 nitrogen and oxygen atoms in total. The summed E-state index contributed by atoms with van der Waals surface area (Å²) in [5.41, 5.74) is 6.29. The van der Waals surface area contributed by atoms with Crippen LogP contribution in [0.5, 0.6) is 0 Å². The number of carbonyl (C=O) groups excluding carboxylic acids is 2. The molecule has 4 unspecified atom stereocenters. The summed E-state index contributed by atoms with van der Waals surface area (Å²) in [5, 5.41) is 14.4. The van der Waals surface area contributed by atoms with E-state index in [9.17, 15) is 27.9 Å². The van der Waals surface area contributed by atoms with E-state index >= 15 is 0 Å². The highest BCUT2D eigenvalue weighted by Gasteiger charge is 2.35. The van der Waals surface area contributed by atoms with E-state index in [2.05, 4.69) is 19.2 Å². The van der Waals surface area contributed by atoms with Gasteiger partial charge < -0.3 is 25.8 Å². The van der Waals surface area contributed by atoms with E-state index in [1.165, 1.54) is 42.1 Å². The number of nitrogens with one attached hydrogen (secondary N) is 1. The zero-order chi connectivity index (χ0) is 33.0. The van der Waals surface area contributed by atoms with Crippen molar-refractivity contribution in [2.45, 2.75) is 56.0 Å². The number of anilines is 2. The van der Waals surface area contributed by atoms with Crippen LogP contribution in [0.4, 0.5) is 24.5 Å². The van der Waals surface area contributed by atoms with Crippen LogP contribution in [0.15, 0.2) is 83.8 Å². The standard InChI is InChI=1S/C33H41F3N4O4S/c1-4-23(2)19-40(45-26-16-14-25(37)15-17-26)20-30(42)28(18-24-10-6-5-7-11-24)38-32(43)31(44-22-41)21-39(3)29-13-9-8-12-27(29)33(34,35)36/h5-17,22-23,28,30-31,42H,4,18-21,37H2,1-3H3,(H,38,43). The third-order valence-corrected chi connectivity index (χ3v) is 8.42. The van der Waals surface area contributed by atoms with Crippen LogP contribution in [-0.4, -0.2) is 66.7 Å². The number of nitrogens with zero attached hydrogens (tertiary/aromatic N) is 2. The Bertz CT molecular complexity index is 1350. The fourth-order valence-corrected chi connectivity index (χ4v) is 5.83. The molecular formula is C33H41F3N4O4S. The van der Waals surface area contributed by atoms with E-state index in [0.29, 0.717) is 18.2 Å². The Kier molecular flexibility index (Phi) is 13.6. The van der Waals surface area contributed by atoms with Crippen molar-refractivity contribution in [2.75, 3.05) is 37.3 Å². The lowest BCUT2D eigenvalue weighted by Crippen LogP contribution is -2.53. The third-order valence-electron chi connectivity index (χ3n) is 7.38. The molecule has 45 heavy (non-hydrogen) atoms. The molecule has 4 N–H and O–H groups in total. The minimum atomic E-state index is -4.62. The SMILES string of the molecule is CCC(C)CN(CC(O)C(Cc1ccccc1)NC(=O)C(CN(C)c1ccccc1C(F)(F)F)OC=O)Sc1ccc(N)cc1. The molecular weight excluding hydrogens is 605 g/mol. The van der Waals surface area contributed by atoms with Gasteiger partial charge in [-0.25, -0.2) is 4.31 Å². The first-order valence-corrected chi connectivity index (χ1v) is 15.5. The molecule has 3 rings (SSSR count). The van der Waals surface area contributed by atoms with Crippen molar-refractivity contribution in [2.24, 2.45) is 5.92 Å². The van der Waals surface area contributed by atoms with Gasteiger partial charge in [0.05, 0.1) is 24.3 Å². The van der Waals surface area contributed by atoms with Crippen molar-refractivity contribution in [1.82, 2.24) is 9.62 Å². The average Bonchev–Trinajstić information content (AvgIpc) is 3.01. The molecule has 1 amide bonds. The number of aliphatic hydroxyl groups is 1. The van der Waals surface area contributed by atoms with Gasteiger partial charge in [-0.2, -0.15) is 13.2 Å². The number of ether oxygens (including phenoxy) is 1. The summed E-state index contributed by atoms with van der Waals surface area (Å²) in [5.74, 6) is -0.417. The Morgan fingerprint density at radius 2 is 1.67 bits per heavy atom. The number of amides is 1. The number of carbonyl (C=O) groups is 2. The lowest BCUT2D eigenvalue weighted by Gasteiger charge is -2.32. The maximum atomic E-state index is 13.6. The van der Waals surface area contributed by atoms with E-state index in [0.717, 1.165) is 22.9 Å². The van der Waals surface area contributed by atoms with Crippen molar-refractivity contribution in [1.29, 1.82) is 0 Å². The van der Waals surface area contributed by atoms with Gasteiger partial charge >= 0.3 is 6.18 Å². The highest BCUT2D eigenvalue weighted by atomic mass is 32.2. The number of nitrogens with two attached hydrogens (primary N) is 1. The van der Waals surface area contributed by atoms with Gasteiger partial charge in [0.2, 0.25) is 0 Å². The normalized spacial score (nSPS) is 14.3. The lowest BCUT2D eigenvalue weighted by molar-refractivity contribution is -0.145. The fourth-order valence-electron chi connectivity index (χ4n) is 4.71. The Morgan fingerprint density at radius 3 is 2.29 bits per heavy atom.